The van der Waals surface area contributed by atoms with Crippen LogP contribution in [0.3, 0.4) is 0 Å². The average molecular weight is 222 g/mol. The van der Waals surface area contributed by atoms with Gasteiger partial charge < -0.3 is 5.32 Å². The van der Waals surface area contributed by atoms with E-state index in [0.29, 0.717) is 0 Å². The Kier molecular flexibility index (Phi) is 3.21. The summed E-state index contributed by atoms with van der Waals surface area (Å²) >= 11 is 0. The number of fused-ring (bicyclic) bond motifs is 1. The molecular weight excluding hydrogens is 196 g/mol. The summed E-state index contributed by atoms with van der Waals surface area (Å²) in [6.45, 7) is 6.27. The van der Waals surface area contributed by atoms with Crippen LogP contribution in [0.25, 0.3) is 0 Å². The Labute approximate surface area is 99.8 Å². The fourth-order valence-electron chi connectivity index (χ4n) is 3.91. The highest BCUT2D eigenvalue weighted by atomic mass is 15.2. The lowest BCUT2D eigenvalue weighted by Gasteiger charge is -2.28. The van der Waals surface area contributed by atoms with Gasteiger partial charge in [-0.3, -0.25) is 4.90 Å². The first-order valence-electron chi connectivity index (χ1n) is 7.36. The molecule has 3 rings (SSSR count). The Balaban J connectivity index is 1.56. The van der Waals surface area contributed by atoms with Gasteiger partial charge in [-0.1, -0.05) is 13.3 Å². The fourth-order valence-corrected chi connectivity index (χ4v) is 3.91. The molecule has 2 aliphatic carbocycles. The summed E-state index contributed by atoms with van der Waals surface area (Å²) in [6, 6.07) is 1.77. The van der Waals surface area contributed by atoms with E-state index in [9.17, 15) is 0 Å². The van der Waals surface area contributed by atoms with Gasteiger partial charge in [-0.25, -0.2) is 0 Å². The molecule has 2 saturated carbocycles. The van der Waals surface area contributed by atoms with Crippen molar-refractivity contribution in [2.75, 3.05) is 19.6 Å². The third kappa shape index (κ3) is 2.14. The van der Waals surface area contributed by atoms with Gasteiger partial charge in [-0.15, -0.1) is 0 Å². The van der Waals surface area contributed by atoms with E-state index in [1.165, 1.54) is 58.2 Å². The molecule has 92 valence electrons. The van der Waals surface area contributed by atoms with Gasteiger partial charge in [0.15, 0.2) is 0 Å². The summed E-state index contributed by atoms with van der Waals surface area (Å²) in [7, 11) is 0. The van der Waals surface area contributed by atoms with Crippen molar-refractivity contribution < 1.29 is 0 Å². The maximum absolute atomic E-state index is 3.79. The van der Waals surface area contributed by atoms with E-state index >= 15 is 0 Å². The molecule has 0 aromatic rings. The lowest BCUT2D eigenvalue weighted by molar-refractivity contribution is 0.217. The first-order valence-corrected chi connectivity index (χ1v) is 7.36. The van der Waals surface area contributed by atoms with Crippen LogP contribution in [0.1, 0.15) is 45.4 Å². The van der Waals surface area contributed by atoms with E-state index in [-0.39, 0.29) is 0 Å². The van der Waals surface area contributed by atoms with Crippen molar-refractivity contribution in [3.8, 4) is 0 Å². The molecule has 1 aliphatic heterocycles. The smallest absolute Gasteiger partial charge is 0.0226 e. The molecule has 0 bridgehead atoms. The van der Waals surface area contributed by atoms with Crippen molar-refractivity contribution in [2.24, 2.45) is 11.8 Å². The molecule has 3 atom stereocenters. The lowest BCUT2D eigenvalue weighted by Crippen LogP contribution is -2.42. The SMILES string of the molecule is CCCN(CC1NCC2CCCC21)C1CC1. The monoisotopic (exact) mass is 222 g/mol. The Hall–Kier alpha value is -0.0800. The van der Waals surface area contributed by atoms with Crippen molar-refractivity contribution in [1.29, 1.82) is 0 Å². The van der Waals surface area contributed by atoms with Crippen LogP contribution >= 0.6 is 0 Å². The van der Waals surface area contributed by atoms with Crippen molar-refractivity contribution >= 4 is 0 Å². The Bertz CT molecular complexity index is 237. The van der Waals surface area contributed by atoms with E-state index < -0.39 is 0 Å². The zero-order valence-electron chi connectivity index (χ0n) is 10.6. The second-order valence-corrected chi connectivity index (χ2v) is 6.10. The minimum Gasteiger partial charge on any atom is -0.312 e. The first kappa shape index (κ1) is 11.0. The van der Waals surface area contributed by atoms with Crippen LogP contribution in [0.5, 0.6) is 0 Å². The first-order chi connectivity index (χ1) is 7.88. The second kappa shape index (κ2) is 4.66. The van der Waals surface area contributed by atoms with Crippen LogP contribution < -0.4 is 5.32 Å². The molecule has 1 heterocycles. The number of nitrogens with one attached hydrogen (secondary N) is 1. The molecule has 1 saturated heterocycles. The van der Waals surface area contributed by atoms with Crippen LogP contribution in [-0.2, 0) is 0 Å². The van der Waals surface area contributed by atoms with Gasteiger partial charge in [0.2, 0.25) is 0 Å². The van der Waals surface area contributed by atoms with Gasteiger partial charge in [-0.05, 0) is 57.0 Å². The molecule has 0 aromatic carbocycles. The van der Waals surface area contributed by atoms with Gasteiger partial charge in [0, 0.05) is 18.6 Å². The van der Waals surface area contributed by atoms with E-state index in [4.69, 9.17) is 0 Å². The molecule has 2 heteroatoms. The Morgan fingerprint density at radius 2 is 2.06 bits per heavy atom. The summed E-state index contributed by atoms with van der Waals surface area (Å²) in [6.07, 6.45) is 8.71. The molecule has 16 heavy (non-hydrogen) atoms. The zero-order chi connectivity index (χ0) is 11.0. The van der Waals surface area contributed by atoms with Crippen LogP contribution in [-0.4, -0.2) is 36.6 Å². The van der Waals surface area contributed by atoms with Gasteiger partial charge >= 0.3 is 0 Å². The summed E-state index contributed by atoms with van der Waals surface area (Å²) < 4.78 is 0. The summed E-state index contributed by atoms with van der Waals surface area (Å²) in [5.41, 5.74) is 0. The molecule has 2 nitrogen and oxygen atoms in total. The van der Waals surface area contributed by atoms with Gasteiger partial charge in [0.1, 0.15) is 0 Å². The fraction of sp³-hybridized carbons (Fsp3) is 1.00. The molecule has 3 fully saturated rings. The standard InChI is InChI=1S/C14H26N2/c1-2-8-16(12-6-7-12)10-14-13-5-3-4-11(13)9-15-14/h11-15H,2-10H2,1H3. The average Bonchev–Trinajstić information content (AvgIpc) is 2.90. The van der Waals surface area contributed by atoms with Crippen LogP contribution in [0.15, 0.2) is 0 Å². The molecule has 0 spiro atoms. The van der Waals surface area contributed by atoms with Gasteiger partial charge in [0.05, 0.1) is 0 Å². The lowest BCUT2D eigenvalue weighted by atomic mass is 9.94. The van der Waals surface area contributed by atoms with E-state index in [0.717, 1.165) is 23.9 Å². The zero-order valence-corrected chi connectivity index (χ0v) is 10.6. The minimum atomic E-state index is 0.819. The van der Waals surface area contributed by atoms with Crippen molar-refractivity contribution in [2.45, 2.75) is 57.5 Å². The number of hydrogen-bond acceptors (Lipinski definition) is 2. The van der Waals surface area contributed by atoms with Crippen LogP contribution in [0.2, 0.25) is 0 Å². The molecule has 1 N–H and O–H groups in total. The Morgan fingerprint density at radius 3 is 2.81 bits per heavy atom. The molecule has 0 amide bonds. The van der Waals surface area contributed by atoms with Crippen LogP contribution in [0.4, 0.5) is 0 Å². The van der Waals surface area contributed by atoms with Gasteiger partial charge in [0.25, 0.3) is 0 Å². The van der Waals surface area contributed by atoms with Crippen molar-refractivity contribution in [3.05, 3.63) is 0 Å². The quantitative estimate of drug-likeness (QED) is 0.767. The molecule has 3 aliphatic rings. The second-order valence-electron chi connectivity index (χ2n) is 6.10. The van der Waals surface area contributed by atoms with Crippen LogP contribution in [0, 0.1) is 11.8 Å². The van der Waals surface area contributed by atoms with E-state index in [2.05, 4.69) is 17.1 Å². The molecule has 0 aromatic heterocycles. The summed E-state index contributed by atoms with van der Waals surface area (Å²) in [5, 5.41) is 3.79. The van der Waals surface area contributed by atoms with Crippen molar-refractivity contribution in [3.63, 3.8) is 0 Å². The molecule has 3 unspecified atom stereocenters. The van der Waals surface area contributed by atoms with Gasteiger partial charge in [-0.2, -0.15) is 0 Å². The Morgan fingerprint density at radius 1 is 1.19 bits per heavy atom. The normalized spacial score (nSPS) is 38.2. The maximum Gasteiger partial charge on any atom is 0.0226 e. The topological polar surface area (TPSA) is 15.3 Å². The van der Waals surface area contributed by atoms with E-state index in [1.54, 1.807) is 0 Å². The minimum absolute atomic E-state index is 0.819. The van der Waals surface area contributed by atoms with Crippen molar-refractivity contribution in [1.82, 2.24) is 10.2 Å². The number of hydrogen-bond donors (Lipinski definition) is 1. The highest BCUT2D eigenvalue weighted by molar-refractivity contribution is 4.97. The number of rotatable bonds is 5. The summed E-state index contributed by atoms with van der Waals surface area (Å²) in [5.74, 6) is 2.03. The predicted octanol–water partition coefficient (Wildman–Crippen LogP) is 2.25. The van der Waals surface area contributed by atoms with E-state index in [1.807, 2.05) is 0 Å². The third-order valence-corrected chi connectivity index (χ3v) is 4.88. The summed E-state index contributed by atoms with van der Waals surface area (Å²) in [4.78, 5) is 2.76. The highest BCUT2D eigenvalue weighted by Gasteiger charge is 2.40. The largest absolute Gasteiger partial charge is 0.312 e. The molecule has 0 radical (unpaired) electrons. The maximum atomic E-state index is 3.79. The highest BCUT2D eigenvalue weighted by Crippen LogP contribution is 2.38. The third-order valence-electron chi connectivity index (χ3n) is 4.88. The molecular formula is C14H26N2. The predicted molar refractivity (Wildman–Crippen MR) is 67.5 cm³/mol. The number of nitrogens with zero attached hydrogens (tertiary/aromatic N) is 1.